The zero-order chi connectivity index (χ0) is 22.1. The number of piperazine rings is 2. The number of hydrogen-bond acceptors (Lipinski definition) is 8. The Hall–Kier alpha value is -1.42. The third-order valence-electron chi connectivity index (χ3n) is 6.61. The van der Waals surface area contributed by atoms with Crippen LogP contribution in [0.3, 0.4) is 0 Å². The third kappa shape index (κ3) is 7.89. The van der Waals surface area contributed by atoms with Crippen molar-refractivity contribution in [2.45, 2.75) is 32.3 Å². The van der Waals surface area contributed by atoms with Crippen molar-refractivity contribution in [1.29, 1.82) is 0 Å². The van der Waals surface area contributed by atoms with E-state index >= 15 is 0 Å². The second-order valence-corrected chi connectivity index (χ2v) is 9.00. The van der Waals surface area contributed by atoms with E-state index in [1.807, 2.05) is 4.90 Å². The van der Waals surface area contributed by atoms with Gasteiger partial charge in [-0.3, -0.25) is 14.6 Å². The van der Waals surface area contributed by atoms with Crippen LogP contribution in [0.25, 0.3) is 0 Å². The number of esters is 1. The fraction of sp³-hybridized carbons (Fsp3) is 0.909. The molecule has 0 aromatic heterocycles. The number of nitrogens with zero attached hydrogens (tertiary/aromatic N) is 5. The molecular weight excluding hydrogens is 398 g/mol. The van der Waals surface area contributed by atoms with Crippen LogP contribution >= 0.6 is 0 Å². The number of hydrogen-bond donors (Lipinski definition) is 0. The number of rotatable bonds is 11. The van der Waals surface area contributed by atoms with E-state index < -0.39 is 0 Å². The molecule has 0 spiro atoms. The van der Waals surface area contributed by atoms with Crippen LogP contribution in [0.5, 0.6) is 0 Å². The van der Waals surface area contributed by atoms with Gasteiger partial charge in [-0.1, -0.05) is 6.92 Å². The highest BCUT2D eigenvalue weighted by molar-refractivity contribution is 5.71. The van der Waals surface area contributed by atoms with Gasteiger partial charge in [-0.15, -0.1) is 0 Å². The molecule has 9 nitrogen and oxygen atoms in total. The van der Waals surface area contributed by atoms with E-state index in [0.717, 1.165) is 58.7 Å². The Bertz CT molecular complexity index is 562. The van der Waals surface area contributed by atoms with Crippen LogP contribution in [0.1, 0.15) is 26.2 Å². The molecule has 3 fully saturated rings. The van der Waals surface area contributed by atoms with E-state index in [1.165, 1.54) is 46.3 Å². The van der Waals surface area contributed by atoms with Gasteiger partial charge >= 0.3 is 12.1 Å². The molecule has 3 rings (SSSR count). The molecule has 1 atom stereocenters. The van der Waals surface area contributed by atoms with Crippen molar-refractivity contribution < 1.29 is 19.1 Å². The molecular formula is C22H41N5O4. The molecule has 0 aromatic carbocycles. The number of methoxy groups -OCH3 is 1. The predicted molar refractivity (Wildman–Crippen MR) is 119 cm³/mol. The van der Waals surface area contributed by atoms with E-state index in [9.17, 15) is 9.59 Å². The third-order valence-corrected chi connectivity index (χ3v) is 6.61. The monoisotopic (exact) mass is 439 g/mol. The maximum atomic E-state index is 12.2. The minimum Gasteiger partial charge on any atom is -0.468 e. The molecule has 0 radical (unpaired) electrons. The molecule has 0 aromatic rings. The zero-order valence-electron chi connectivity index (χ0n) is 19.5. The fourth-order valence-corrected chi connectivity index (χ4v) is 4.71. The van der Waals surface area contributed by atoms with Gasteiger partial charge in [0.15, 0.2) is 0 Å². The number of cyclic esters (lactones) is 1. The summed E-state index contributed by atoms with van der Waals surface area (Å²) < 4.78 is 10.3. The van der Waals surface area contributed by atoms with Crippen LogP contribution in [0.2, 0.25) is 0 Å². The Balaban J connectivity index is 1.26. The Morgan fingerprint density at radius 1 is 0.903 bits per heavy atom. The van der Waals surface area contributed by atoms with Crippen molar-refractivity contribution in [3.63, 3.8) is 0 Å². The van der Waals surface area contributed by atoms with Gasteiger partial charge in [0, 0.05) is 65.4 Å². The van der Waals surface area contributed by atoms with Gasteiger partial charge < -0.3 is 24.2 Å². The summed E-state index contributed by atoms with van der Waals surface area (Å²) in [4.78, 5) is 35.1. The molecule has 9 heteroatoms. The van der Waals surface area contributed by atoms with Crippen molar-refractivity contribution in [3.8, 4) is 0 Å². The predicted octanol–water partition coefficient (Wildman–Crippen LogP) is 0.406. The second-order valence-electron chi connectivity index (χ2n) is 9.00. The van der Waals surface area contributed by atoms with Crippen LogP contribution in [0.4, 0.5) is 4.79 Å². The average molecular weight is 440 g/mol. The topological polar surface area (TPSA) is 68.8 Å². The minimum atomic E-state index is -0.187. The van der Waals surface area contributed by atoms with Gasteiger partial charge in [0.25, 0.3) is 0 Å². The summed E-state index contributed by atoms with van der Waals surface area (Å²) in [7, 11) is 1.42. The highest BCUT2D eigenvalue weighted by Gasteiger charge is 2.33. The molecule has 3 aliphatic heterocycles. The Kier molecular flexibility index (Phi) is 9.83. The first kappa shape index (κ1) is 24.2. The van der Waals surface area contributed by atoms with E-state index in [2.05, 4.69) is 26.5 Å². The molecule has 0 saturated carbocycles. The first-order valence-corrected chi connectivity index (χ1v) is 12.0. The molecule has 1 amide bonds. The zero-order valence-corrected chi connectivity index (χ0v) is 19.5. The number of carbonyl (C=O) groups is 2. The smallest absolute Gasteiger partial charge is 0.410 e. The lowest BCUT2D eigenvalue weighted by molar-refractivity contribution is -0.142. The second kappa shape index (κ2) is 12.6. The summed E-state index contributed by atoms with van der Waals surface area (Å²) in [6.45, 7) is 15.4. The van der Waals surface area contributed by atoms with Crippen LogP contribution in [-0.4, -0.2) is 141 Å². The summed E-state index contributed by atoms with van der Waals surface area (Å²) in [6, 6.07) is 0. The minimum absolute atomic E-state index is 0.0497. The first-order chi connectivity index (χ1) is 15.1. The van der Waals surface area contributed by atoms with Crippen molar-refractivity contribution in [2.75, 3.05) is 98.7 Å². The first-order valence-electron chi connectivity index (χ1n) is 12.0. The summed E-state index contributed by atoms with van der Waals surface area (Å²) in [5, 5.41) is 0. The molecule has 178 valence electrons. The van der Waals surface area contributed by atoms with Gasteiger partial charge in [-0.05, 0) is 32.4 Å². The average Bonchev–Trinajstić information content (AvgIpc) is 3.12. The highest BCUT2D eigenvalue weighted by atomic mass is 16.6. The van der Waals surface area contributed by atoms with Crippen molar-refractivity contribution in [1.82, 2.24) is 24.5 Å². The van der Waals surface area contributed by atoms with Crippen molar-refractivity contribution in [2.24, 2.45) is 0 Å². The standard InChI is InChI=1S/C22H41N5O4/c1-3-6-23-9-11-24(12-10-23)7-4-5-8-27-18-20(31-22(27)29)17-25-13-15-26(16-14-25)19-21(28)30-2/h20H,3-19H2,1-2H3. The largest absolute Gasteiger partial charge is 0.468 e. The van der Waals surface area contributed by atoms with Gasteiger partial charge in [-0.2, -0.15) is 0 Å². The molecule has 3 heterocycles. The normalized spacial score (nSPS) is 24.5. The van der Waals surface area contributed by atoms with E-state index in [0.29, 0.717) is 13.1 Å². The van der Waals surface area contributed by atoms with Gasteiger partial charge in [-0.25, -0.2) is 4.79 Å². The Morgan fingerprint density at radius 2 is 1.48 bits per heavy atom. The van der Waals surface area contributed by atoms with E-state index in [4.69, 9.17) is 9.47 Å². The summed E-state index contributed by atoms with van der Waals surface area (Å²) in [5.74, 6) is -0.187. The van der Waals surface area contributed by atoms with Gasteiger partial charge in [0.2, 0.25) is 0 Å². The van der Waals surface area contributed by atoms with Crippen molar-refractivity contribution >= 4 is 12.1 Å². The lowest BCUT2D eigenvalue weighted by atomic mass is 10.2. The fourth-order valence-electron chi connectivity index (χ4n) is 4.71. The van der Waals surface area contributed by atoms with Crippen LogP contribution < -0.4 is 0 Å². The van der Waals surface area contributed by atoms with E-state index in [-0.39, 0.29) is 18.2 Å². The SMILES string of the molecule is CCCN1CCN(CCCCN2CC(CN3CCN(CC(=O)OC)CC3)OC2=O)CC1. The summed E-state index contributed by atoms with van der Waals surface area (Å²) in [5.41, 5.74) is 0. The molecule has 1 unspecified atom stereocenters. The number of carbonyl (C=O) groups excluding carboxylic acids is 2. The van der Waals surface area contributed by atoms with Gasteiger partial charge in [0.1, 0.15) is 6.10 Å². The van der Waals surface area contributed by atoms with Gasteiger partial charge in [0.05, 0.1) is 20.2 Å². The van der Waals surface area contributed by atoms with Crippen LogP contribution in [0, 0.1) is 0 Å². The molecule has 3 aliphatic rings. The molecule has 31 heavy (non-hydrogen) atoms. The van der Waals surface area contributed by atoms with Crippen molar-refractivity contribution in [3.05, 3.63) is 0 Å². The maximum Gasteiger partial charge on any atom is 0.410 e. The lowest BCUT2D eigenvalue weighted by Crippen LogP contribution is -2.50. The molecule has 0 bridgehead atoms. The van der Waals surface area contributed by atoms with Crippen LogP contribution in [0.15, 0.2) is 0 Å². The quantitative estimate of drug-likeness (QED) is 0.339. The Labute approximate surface area is 187 Å². The molecule has 0 aliphatic carbocycles. The number of unbranched alkanes of at least 4 members (excludes halogenated alkanes) is 1. The summed E-state index contributed by atoms with van der Waals surface area (Å²) >= 11 is 0. The number of amides is 1. The lowest BCUT2D eigenvalue weighted by Gasteiger charge is -2.34. The number of ether oxygens (including phenoxy) is 2. The summed E-state index contributed by atoms with van der Waals surface area (Å²) in [6.07, 6.45) is 3.18. The maximum absolute atomic E-state index is 12.2. The molecule has 3 saturated heterocycles. The van der Waals surface area contributed by atoms with Crippen LogP contribution in [-0.2, 0) is 14.3 Å². The van der Waals surface area contributed by atoms with E-state index in [1.54, 1.807) is 0 Å². The molecule has 0 N–H and O–H groups in total. The highest BCUT2D eigenvalue weighted by Crippen LogP contribution is 2.15. The Morgan fingerprint density at radius 3 is 2.13 bits per heavy atom.